The third-order valence-electron chi connectivity index (χ3n) is 6.78. The number of likely N-dealkylation sites (tertiary alicyclic amines) is 1. The fourth-order valence-corrected chi connectivity index (χ4v) is 5.91. The van der Waals surface area contributed by atoms with Gasteiger partial charge < -0.3 is 5.11 Å². The van der Waals surface area contributed by atoms with Crippen molar-refractivity contribution < 1.29 is 5.11 Å². The molecule has 2 heteroatoms. The summed E-state index contributed by atoms with van der Waals surface area (Å²) < 4.78 is 0. The molecule has 152 valence electrons. The van der Waals surface area contributed by atoms with E-state index in [1.54, 1.807) is 0 Å². The molecule has 1 saturated heterocycles. The molecule has 2 aliphatic rings. The highest BCUT2D eigenvalue weighted by Crippen LogP contribution is 2.52. The minimum absolute atomic E-state index is 0.405. The fourth-order valence-electron chi connectivity index (χ4n) is 5.91. The summed E-state index contributed by atoms with van der Waals surface area (Å²) in [6.07, 6.45) is 4.28. The van der Waals surface area contributed by atoms with Crippen LogP contribution in [0.25, 0.3) is 0 Å². The normalized spacial score (nSPS) is 26.0. The van der Waals surface area contributed by atoms with Gasteiger partial charge in [-0.25, -0.2) is 0 Å². The van der Waals surface area contributed by atoms with Gasteiger partial charge in [-0.2, -0.15) is 0 Å². The Kier molecular flexibility index (Phi) is 5.32. The van der Waals surface area contributed by atoms with Crippen molar-refractivity contribution in [1.82, 2.24) is 4.90 Å². The van der Waals surface area contributed by atoms with Gasteiger partial charge >= 0.3 is 0 Å². The second kappa shape index (κ2) is 7.63. The molecule has 1 aliphatic carbocycles. The summed E-state index contributed by atoms with van der Waals surface area (Å²) in [5.41, 5.74) is 1.58. The minimum atomic E-state index is -1.08. The van der Waals surface area contributed by atoms with Gasteiger partial charge in [0.1, 0.15) is 5.60 Å². The van der Waals surface area contributed by atoms with Crippen LogP contribution in [-0.2, 0) is 5.60 Å². The molecule has 29 heavy (non-hydrogen) atoms. The molecule has 2 bridgehead atoms. The van der Waals surface area contributed by atoms with E-state index in [-0.39, 0.29) is 0 Å². The maximum absolute atomic E-state index is 11.6. The van der Waals surface area contributed by atoms with E-state index in [0.717, 1.165) is 24.2 Å². The van der Waals surface area contributed by atoms with E-state index in [0.29, 0.717) is 23.3 Å². The molecule has 1 N–H and O–H groups in total. The summed E-state index contributed by atoms with van der Waals surface area (Å²) in [6.45, 7) is 9.21. The molecule has 2 aromatic carbocycles. The van der Waals surface area contributed by atoms with Crippen molar-refractivity contribution in [1.29, 1.82) is 0 Å². The summed E-state index contributed by atoms with van der Waals surface area (Å²) in [6, 6.07) is 20.5. The van der Waals surface area contributed by atoms with Crippen LogP contribution in [0.4, 0.5) is 0 Å². The van der Waals surface area contributed by atoms with Gasteiger partial charge in [-0.15, -0.1) is 0 Å². The summed E-state index contributed by atoms with van der Waals surface area (Å²) in [5, 5.41) is 11.6. The van der Waals surface area contributed by atoms with E-state index in [1.165, 1.54) is 19.3 Å². The lowest BCUT2D eigenvalue weighted by Crippen LogP contribution is -2.34. The SMILES string of the molecule is CC1(C)C[C@H]2C[C@](C)(CN2CC#CCC(O)(c2ccccc2)c2ccccc2)C1. The zero-order valence-electron chi connectivity index (χ0n) is 18.0. The minimum Gasteiger partial charge on any atom is -0.379 e. The highest BCUT2D eigenvalue weighted by atomic mass is 16.3. The summed E-state index contributed by atoms with van der Waals surface area (Å²) in [7, 11) is 0. The van der Waals surface area contributed by atoms with Crippen LogP contribution in [0.15, 0.2) is 60.7 Å². The van der Waals surface area contributed by atoms with Crippen molar-refractivity contribution in [3.63, 3.8) is 0 Å². The number of aliphatic hydroxyl groups is 1. The standard InChI is InChI=1S/C27H33NO/c1-25(2)18-24-19-26(3,20-25)21-28(24)17-11-10-16-27(29,22-12-6-4-7-13-22)23-14-8-5-9-15-23/h4-9,12-15,24,29H,16-21H2,1-3H3/t24-,26-/m0/s1. The highest BCUT2D eigenvalue weighted by Gasteiger charge is 2.49. The zero-order valence-corrected chi connectivity index (χ0v) is 18.0. The van der Waals surface area contributed by atoms with Crippen LogP contribution in [0.1, 0.15) is 57.6 Å². The molecule has 2 nitrogen and oxygen atoms in total. The van der Waals surface area contributed by atoms with Crippen molar-refractivity contribution in [2.24, 2.45) is 10.8 Å². The van der Waals surface area contributed by atoms with Crippen LogP contribution < -0.4 is 0 Å². The molecule has 1 saturated carbocycles. The summed E-state index contributed by atoms with van der Waals surface area (Å²) in [4.78, 5) is 2.58. The largest absolute Gasteiger partial charge is 0.379 e. The monoisotopic (exact) mass is 387 g/mol. The molecule has 0 radical (unpaired) electrons. The third kappa shape index (κ3) is 4.27. The zero-order chi connectivity index (χ0) is 20.5. The molecule has 2 aromatic rings. The van der Waals surface area contributed by atoms with Crippen molar-refractivity contribution in [3.05, 3.63) is 71.8 Å². The van der Waals surface area contributed by atoms with Gasteiger partial charge in [0.05, 0.1) is 6.54 Å². The van der Waals surface area contributed by atoms with Crippen LogP contribution in [-0.4, -0.2) is 29.1 Å². The predicted molar refractivity (Wildman–Crippen MR) is 119 cm³/mol. The Labute approximate surface area is 176 Å². The third-order valence-corrected chi connectivity index (χ3v) is 6.78. The number of hydrogen-bond donors (Lipinski definition) is 1. The first kappa shape index (κ1) is 20.2. The quantitative estimate of drug-likeness (QED) is 0.728. The molecule has 0 aromatic heterocycles. The van der Waals surface area contributed by atoms with Crippen LogP contribution >= 0.6 is 0 Å². The van der Waals surface area contributed by atoms with Gasteiger partial charge in [0.15, 0.2) is 0 Å². The second-order valence-electron chi connectivity index (χ2n) is 10.2. The number of hydrogen-bond acceptors (Lipinski definition) is 2. The number of nitrogens with zero attached hydrogens (tertiary/aromatic N) is 1. The van der Waals surface area contributed by atoms with Crippen molar-refractivity contribution in [3.8, 4) is 11.8 Å². The van der Waals surface area contributed by atoms with E-state index >= 15 is 0 Å². The van der Waals surface area contributed by atoms with Crippen LogP contribution in [0.2, 0.25) is 0 Å². The Hall–Kier alpha value is -2.08. The van der Waals surface area contributed by atoms with E-state index < -0.39 is 5.60 Å². The van der Waals surface area contributed by atoms with Crippen LogP contribution in [0, 0.1) is 22.7 Å². The summed E-state index contributed by atoms with van der Waals surface area (Å²) >= 11 is 0. The average molecular weight is 388 g/mol. The second-order valence-corrected chi connectivity index (χ2v) is 10.2. The molecular formula is C27H33NO. The van der Waals surface area contributed by atoms with Gasteiger partial charge in [-0.1, -0.05) is 93.3 Å². The molecular weight excluding hydrogens is 354 g/mol. The maximum Gasteiger partial charge on any atom is 0.125 e. The molecule has 2 atom stereocenters. The molecule has 0 amide bonds. The first-order chi connectivity index (χ1) is 13.8. The Morgan fingerprint density at radius 3 is 2.10 bits per heavy atom. The molecule has 1 heterocycles. The van der Waals surface area contributed by atoms with Crippen LogP contribution in [0.5, 0.6) is 0 Å². The van der Waals surface area contributed by atoms with Gasteiger partial charge in [0.25, 0.3) is 0 Å². The summed E-state index contributed by atoms with van der Waals surface area (Å²) in [5.74, 6) is 6.72. The van der Waals surface area contributed by atoms with Gasteiger partial charge in [0.2, 0.25) is 0 Å². The lowest BCUT2D eigenvalue weighted by Gasteiger charge is -2.39. The van der Waals surface area contributed by atoms with E-state index in [1.807, 2.05) is 60.7 Å². The maximum atomic E-state index is 11.6. The van der Waals surface area contributed by atoms with E-state index in [9.17, 15) is 5.11 Å². The fraction of sp³-hybridized carbons (Fsp3) is 0.481. The van der Waals surface area contributed by atoms with Gasteiger partial charge in [-0.3, -0.25) is 4.90 Å². The molecule has 2 fully saturated rings. The van der Waals surface area contributed by atoms with Gasteiger partial charge in [-0.05, 0) is 41.2 Å². The predicted octanol–water partition coefficient (Wildman–Crippen LogP) is 5.22. The number of rotatable bonds is 4. The van der Waals surface area contributed by atoms with Crippen molar-refractivity contribution in [2.45, 2.75) is 58.1 Å². The Bertz CT molecular complexity index is 853. The average Bonchev–Trinajstić information content (AvgIpc) is 2.94. The molecule has 4 rings (SSSR count). The first-order valence-corrected chi connectivity index (χ1v) is 10.8. The highest BCUT2D eigenvalue weighted by molar-refractivity contribution is 5.37. The van der Waals surface area contributed by atoms with Crippen LogP contribution in [0.3, 0.4) is 0 Å². The van der Waals surface area contributed by atoms with E-state index in [4.69, 9.17) is 0 Å². The Balaban J connectivity index is 1.50. The number of fused-ring (bicyclic) bond motifs is 2. The van der Waals surface area contributed by atoms with Gasteiger partial charge in [0, 0.05) is 19.0 Å². The lowest BCUT2D eigenvalue weighted by atomic mass is 9.65. The Morgan fingerprint density at radius 1 is 0.931 bits per heavy atom. The number of benzene rings is 2. The lowest BCUT2D eigenvalue weighted by molar-refractivity contribution is 0.0864. The first-order valence-electron chi connectivity index (χ1n) is 10.8. The van der Waals surface area contributed by atoms with Crippen molar-refractivity contribution in [2.75, 3.05) is 13.1 Å². The Morgan fingerprint density at radius 2 is 1.52 bits per heavy atom. The molecule has 0 unspecified atom stereocenters. The molecule has 1 aliphatic heterocycles. The van der Waals surface area contributed by atoms with E-state index in [2.05, 4.69) is 37.5 Å². The topological polar surface area (TPSA) is 23.5 Å². The van der Waals surface area contributed by atoms with Crippen molar-refractivity contribution >= 4 is 0 Å². The smallest absolute Gasteiger partial charge is 0.125 e. The molecule has 0 spiro atoms.